The van der Waals surface area contributed by atoms with Crippen molar-refractivity contribution in [2.75, 3.05) is 4.90 Å². The summed E-state index contributed by atoms with van der Waals surface area (Å²) in [6.07, 6.45) is 13.2. The first-order valence-electron chi connectivity index (χ1n) is 15.3. The van der Waals surface area contributed by atoms with Gasteiger partial charge < -0.3 is 4.90 Å². The Labute approximate surface area is 261 Å². The molecule has 8 rings (SSSR count). The molecular weight excluding hydrogens is 556 g/mol. The van der Waals surface area contributed by atoms with Gasteiger partial charge in [0.05, 0.1) is 0 Å². The molecule has 6 aromatic rings. The molecule has 216 valence electrons. The highest BCUT2D eigenvalue weighted by atomic mass is 19.1. The number of nitrogens with zero attached hydrogens (tertiary/aromatic N) is 1. The van der Waals surface area contributed by atoms with Crippen molar-refractivity contribution in [2.24, 2.45) is 0 Å². The minimum Gasteiger partial charge on any atom is -0.310 e. The summed E-state index contributed by atoms with van der Waals surface area (Å²) in [7, 11) is 0. The summed E-state index contributed by atoms with van der Waals surface area (Å²) in [5, 5.41) is 2.74. The number of hydrogen-bond acceptors (Lipinski definition) is 1. The molecule has 3 heteroatoms. The molecule has 1 nitrogen and oxygen atoms in total. The molecule has 0 unspecified atom stereocenters. The molecule has 0 heterocycles. The molecule has 0 bridgehead atoms. The summed E-state index contributed by atoms with van der Waals surface area (Å²) in [4.78, 5) is 1.98. The van der Waals surface area contributed by atoms with Gasteiger partial charge >= 0.3 is 0 Å². The molecule has 0 atom stereocenters. The van der Waals surface area contributed by atoms with Crippen molar-refractivity contribution in [1.29, 1.82) is 0 Å². The molecule has 2 aliphatic rings. The van der Waals surface area contributed by atoms with Crippen molar-refractivity contribution in [3.8, 4) is 11.1 Å². The lowest BCUT2D eigenvalue weighted by atomic mass is 9.80. The predicted molar refractivity (Wildman–Crippen MR) is 185 cm³/mol. The van der Waals surface area contributed by atoms with E-state index in [1.165, 1.54) is 68.4 Å². The Hall–Kier alpha value is -5.54. The summed E-state index contributed by atoms with van der Waals surface area (Å²) < 4.78 is 27.3. The van der Waals surface area contributed by atoms with E-state index in [2.05, 4.69) is 91.0 Å². The lowest BCUT2D eigenvalue weighted by Gasteiger charge is -2.25. The highest BCUT2D eigenvalue weighted by molar-refractivity contribution is 6.08. The van der Waals surface area contributed by atoms with Gasteiger partial charge in [0.15, 0.2) is 0 Å². The third kappa shape index (κ3) is 5.07. The molecular formula is C42H29F2N. The Morgan fingerprint density at radius 3 is 1.76 bits per heavy atom. The topological polar surface area (TPSA) is 3.24 Å². The van der Waals surface area contributed by atoms with Gasteiger partial charge in [-0.05, 0) is 129 Å². The van der Waals surface area contributed by atoms with Crippen LogP contribution >= 0.6 is 0 Å². The molecule has 45 heavy (non-hydrogen) atoms. The highest BCUT2D eigenvalue weighted by Gasteiger charge is 2.21. The molecule has 0 radical (unpaired) electrons. The minimum absolute atomic E-state index is 0.301. The van der Waals surface area contributed by atoms with Crippen LogP contribution in [0.5, 0.6) is 0 Å². The van der Waals surface area contributed by atoms with Crippen molar-refractivity contribution in [3.05, 3.63) is 173 Å². The molecule has 0 aromatic heterocycles. The van der Waals surface area contributed by atoms with E-state index in [4.69, 9.17) is 0 Å². The van der Waals surface area contributed by atoms with E-state index in [-0.39, 0.29) is 11.6 Å². The van der Waals surface area contributed by atoms with Crippen LogP contribution in [0, 0.1) is 11.6 Å². The number of allylic oxidation sites excluding steroid dienone is 3. The Morgan fingerprint density at radius 1 is 0.556 bits per heavy atom. The summed E-state index contributed by atoms with van der Waals surface area (Å²) in [6.45, 7) is 0. The zero-order valence-electron chi connectivity index (χ0n) is 24.6. The second-order valence-corrected chi connectivity index (χ2v) is 11.6. The van der Waals surface area contributed by atoms with Gasteiger partial charge in [-0.15, -0.1) is 0 Å². The van der Waals surface area contributed by atoms with Crippen LogP contribution in [0.1, 0.15) is 34.2 Å². The Balaban J connectivity index is 1.05. The maximum Gasteiger partial charge on any atom is 0.123 e. The van der Waals surface area contributed by atoms with Gasteiger partial charge in [-0.2, -0.15) is 0 Å². The largest absolute Gasteiger partial charge is 0.310 e. The van der Waals surface area contributed by atoms with Crippen LogP contribution < -0.4 is 4.90 Å². The van der Waals surface area contributed by atoms with Crippen molar-refractivity contribution < 1.29 is 8.78 Å². The monoisotopic (exact) mass is 585 g/mol. The van der Waals surface area contributed by atoms with E-state index >= 15 is 0 Å². The third-order valence-corrected chi connectivity index (χ3v) is 8.84. The highest BCUT2D eigenvalue weighted by Crippen LogP contribution is 2.43. The lowest BCUT2D eigenvalue weighted by Crippen LogP contribution is -2.09. The van der Waals surface area contributed by atoms with Gasteiger partial charge in [0.25, 0.3) is 0 Å². The van der Waals surface area contributed by atoms with Gasteiger partial charge in [0, 0.05) is 17.1 Å². The second kappa shape index (κ2) is 11.2. The van der Waals surface area contributed by atoms with Crippen molar-refractivity contribution in [3.63, 3.8) is 0 Å². The van der Waals surface area contributed by atoms with E-state index in [0.29, 0.717) is 0 Å². The van der Waals surface area contributed by atoms with E-state index in [1.807, 2.05) is 17.0 Å². The van der Waals surface area contributed by atoms with Crippen LogP contribution in [-0.4, -0.2) is 0 Å². The smallest absolute Gasteiger partial charge is 0.123 e. The van der Waals surface area contributed by atoms with Gasteiger partial charge in [0.1, 0.15) is 11.6 Å². The molecule has 0 N–H and O–H groups in total. The predicted octanol–water partition coefficient (Wildman–Crippen LogP) is 11.8. The molecule has 0 fully saturated rings. The Morgan fingerprint density at radius 2 is 1.13 bits per heavy atom. The van der Waals surface area contributed by atoms with Crippen LogP contribution in [0.3, 0.4) is 0 Å². The quantitative estimate of drug-likeness (QED) is 0.176. The average molecular weight is 586 g/mol. The summed E-state index contributed by atoms with van der Waals surface area (Å²) >= 11 is 0. The van der Waals surface area contributed by atoms with Crippen molar-refractivity contribution >= 4 is 51.6 Å². The molecule has 0 saturated heterocycles. The number of benzene rings is 6. The van der Waals surface area contributed by atoms with Crippen molar-refractivity contribution in [2.45, 2.75) is 12.8 Å². The SMILES string of the molecule is Fc1ccc(N(c2ccc(F)cc2)c2ccc(/C=C/c3ccc(-c4ccc5c6c7c(ccc46)C=CCC7=CC5)cc3)cc2)cc1. The third-order valence-electron chi connectivity index (χ3n) is 8.84. The van der Waals surface area contributed by atoms with Crippen molar-refractivity contribution in [1.82, 2.24) is 0 Å². The zero-order valence-corrected chi connectivity index (χ0v) is 24.6. The molecule has 0 aliphatic heterocycles. The number of rotatable bonds is 6. The fourth-order valence-corrected chi connectivity index (χ4v) is 6.60. The molecule has 0 saturated carbocycles. The van der Waals surface area contributed by atoms with Crippen LogP contribution in [0.15, 0.2) is 133 Å². The Bertz CT molecular complexity index is 2090. The van der Waals surface area contributed by atoms with Crippen LogP contribution in [0.4, 0.5) is 25.8 Å². The fraction of sp³-hybridized carbons (Fsp3) is 0.0476. The molecule has 2 aliphatic carbocycles. The number of hydrogen-bond donors (Lipinski definition) is 0. The van der Waals surface area contributed by atoms with E-state index in [1.54, 1.807) is 24.3 Å². The summed E-state index contributed by atoms with van der Waals surface area (Å²) in [6, 6.07) is 38.7. The first kappa shape index (κ1) is 27.0. The van der Waals surface area contributed by atoms with Crippen LogP contribution in [-0.2, 0) is 6.42 Å². The lowest BCUT2D eigenvalue weighted by molar-refractivity contribution is 0.628. The van der Waals surface area contributed by atoms with Crippen LogP contribution in [0.2, 0.25) is 0 Å². The van der Waals surface area contributed by atoms with Gasteiger partial charge in [-0.1, -0.05) is 91.0 Å². The molecule has 6 aromatic carbocycles. The van der Waals surface area contributed by atoms with E-state index < -0.39 is 0 Å². The summed E-state index contributed by atoms with van der Waals surface area (Å²) in [5.74, 6) is -0.602. The Kier molecular flexibility index (Phi) is 6.72. The second-order valence-electron chi connectivity index (χ2n) is 11.6. The zero-order chi connectivity index (χ0) is 30.3. The number of anilines is 3. The maximum atomic E-state index is 13.7. The fourth-order valence-electron chi connectivity index (χ4n) is 6.60. The first-order chi connectivity index (χ1) is 22.1. The van der Waals surface area contributed by atoms with E-state index in [0.717, 1.165) is 41.0 Å². The standard InChI is InChI=1S/C42H29F2N/c43-34-16-22-37(23-17-34)45(38-24-18-35(44)19-25-38)36-20-8-29(9-21-36)5-4-28-6-10-30(11-7-28)39-26-14-33-13-12-31-2-1-3-32-15-27-40(39)42(33)41(31)32/h1,3-12,14-27H,2,13H2/b5-4+. The maximum absolute atomic E-state index is 13.7. The molecule has 0 spiro atoms. The van der Waals surface area contributed by atoms with Gasteiger partial charge in [-0.3, -0.25) is 0 Å². The number of halogens is 2. The minimum atomic E-state index is -0.301. The van der Waals surface area contributed by atoms with Crippen LogP contribution in [0.25, 0.3) is 45.7 Å². The average Bonchev–Trinajstić information content (AvgIpc) is 3.09. The molecule has 0 amide bonds. The van der Waals surface area contributed by atoms with E-state index in [9.17, 15) is 8.78 Å². The van der Waals surface area contributed by atoms with Gasteiger partial charge in [0.2, 0.25) is 0 Å². The van der Waals surface area contributed by atoms with Gasteiger partial charge in [-0.25, -0.2) is 8.78 Å². The summed E-state index contributed by atoms with van der Waals surface area (Å²) in [5.41, 5.74) is 12.7. The normalized spacial score (nSPS) is 13.3. The first-order valence-corrected chi connectivity index (χ1v) is 15.3.